The second kappa shape index (κ2) is 6.05. The van der Waals surface area contributed by atoms with Crippen molar-refractivity contribution in [1.29, 1.82) is 0 Å². The Kier molecular flexibility index (Phi) is 3.97. The van der Waals surface area contributed by atoms with Crippen molar-refractivity contribution in [3.8, 4) is 0 Å². The van der Waals surface area contributed by atoms with Crippen LogP contribution >= 0.6 is 0 Å². The molecule has 0 aliphatic carbocycles. The van der Waals surface area contributed by atoms with Gasteiger partial charge >= 0.3 is 0 Å². The predicted octanol–water partition coefficient (Wildman–Crippen LogP) is 2.16. The highest BCUT2D eigenvalue weighted by Gasteiger charge is 2.21. The van der Waals surface area contributed by atoms with Crippen LogP contribution in [0.15, 0.2) is 36.9 Å². The fraction of sp³-hybridized carbons (Fsp3) is 0.467. The van der Waals surface area contributed by atoms with Gasteiger partial charge < -0.3 is 10.1 Å². The van der Waals surface area contributed by atoms with Gasteiger partial charge in [0.05, 0.1) is 13.2 Å². The molecule has 0 amide bonds. The lowest BCUT2D eigenvalue weighted by Gasteiger charge is -2.20. The summed E-state index contributed by atoms with van der Waals surface area (Å²) in [5.41, 5.74) is 2.37. The fourth-order valence-electron chi connectivity index (χ4n) is 2.59. The first kappa shape index (κ1) is 13.1. The number of anilines is 1. The van der Waals surface area contributed by atoms with Gasteiger partial charge in [0.1, 0.15) is 12.7 Å². The van der Waals surface area contributed by atoms with Gasteiger partial charge in [0.25, 0.3) is 0 Å². The van der Waals surface area contributed by atoms with Gasteiger partial charge in [0.2, 0.25) is 0 Å². The van der Waals surface area contributed by atoms with Crippen molar-refractivity contribution in [2.24, 2.45) is 5.92 Å². The summed E-state index contributed by atoms with van der Waals surface area (Å²) in [7, 11) is 0. The molecule has 0 radical (unpaired) electrons. The van der Waals surface area contributed by atoms with Crippen molar-refractivity contribution in [3.05, 3.63) is 42.5 Å². The molecule has 1 aliphatic rings. The van der Waals surface area contributed by atoms with E-state index in [0.717, 1.165) is 31.9 Å². The third kappa shape index (κ3) is 3.17. The molecule has 2 aromatic rings. The van der Waals surface area contributed by atoms with Crippen molar-refractivity contribution < 1.29 is 4.74 Å². The Hall–Kier alpha value is -1.88. The third-order valence-corrected chi connectivity index (χ3v) is 3.80. The number of benzene rings is 1. The number of nitrogens with one attached hydrogen (secondary N) is 1. The van der Waals surface area contributed by atoms with Crippen LogP contribution in [0, 0.1) is 5.92 Å². The second-order valence-corrected chi connectivity index (χ2v) is 5.35. The van der Waals surface area contributed by atoms with Gasteiger partial charge in [0.15, 0.2) is 0 Å². The highest BCUT2D eigenvalue weighted by Crippen LogP contribution is 2.21. The molecule has 1 fully saturated rings. The zero-order valence-corrected chi connectivity index (χ0v) is 11.7. The fourth-order valence-corrected chi connectivity index (χ4v) is 2.59. The van der Waals surface area contributed by atoms with Gasteiger partial charge in [-0.05, 0) is 31.0 Å². The topological polar surface area (TPSA) is 52.0 Å². The monoisotopic (exact) mass is 272 g/mol. The summed E-state index contributed by atoms with van der Waals surface area (Å²) in [5.74, 6) is 0.606. The SMILES string of the molecule is CC(Nc1cccc(Cn2cncn2)c1)C1CCOC1. The molecular weight excluding hydrogens is 252 g/mol. The Balaban J connectivity index is 1.64. The van der Waals surface area contributed by atoms with Crippen molar-refractivity contribution in [2.75, 3.05) is 18.5 Å². The molecule has 1 aliphatic heterocycles. The molecule has 20 heavy (non-hydrogen) atoms. The molecule has 5 heteroatoms. The van der Waals surface area contributed by atoms with Gasteiger partial charge in [-0.3, -0.25) is 0 Å². The van der Waals surface area contributed by atoms with Crippen LogP contribution in [0.25, 0.3) is 0 Å². The van der Waals surface area contributed by atoms with E-state index in [1.54, 1.807) is 12.7 Å². The maximum Gasteiger partial charge on any atom is 0.137 e. The van der Waals surface area contributed by atoms with Gasteiger partial charge in [-0.1, -0.05) is 12.1 Å². The zero-order valence-electron chi connectivity index (χ0n) is 11.7. The van der Waals surface area contributed by atoms with Crippen LogP contribution in [0.5, 0.6) is 0 Å². The van der Waals surface area contributed by atoms with E-state index in [4.69, 9.17) is 4.74 Å². The molecular formula is C15H20N4O. The number of aromatic nitrogens is 3. The van der Waals surface area contributed by atoms with E-state index in [2.05, 4.69) is 46.6 Å². The summed E-state index contributed by atoms with van der Waals surface area (Å²) in [6.45, 7) is 4.73. The molecule has 1 aromatic carbocycles. The first-order valence-corrected chi connectivity index (χ1v) is 7.07. The highest BCUT2D eigenvalue weighted by molar-refractivity contribution is 5.46. The molecule has 106 valence electrons. The van der Waals surface area contributed by atoms with E-state index in [1.807, 2.05) is 4.68 Å². The first-order valence-electron chi connectivity index (χ1n) is 7.07. The summed E-state index contributed by atoms with van der Waals surface area (Å²) in [4.78, 5) is 3.96. The lowest BCUT2D eigenvalue weighted by molar-refractivity contribution is 0.183. The van der Waals surface area contributed by atoms with Crippen molar-refractivity contribution >= 4 is 5.69 Å². The van der Waals surface area contributed by atoms with Gasteiger partial charge in [-0.25, -0.2) is 9.67 Å². The van der Waals surface area contributed by atoms with Crippen molar-refractivity contribution in [1.82, 2.24) is 14.8 Å². The molecule has 5 nitrogen and oxygen atoms in total. The van der Waals surface area contributed by atoms with Crippen molar-refractivity contribution in [3.63, 3.8) is 0 Å². The Morgan fingerprint density at radius 3 is 3.20 bits per heavy atom. The molecule has 0 spiro atoms. The van der Waals surface area contributed by atoms with Gasteiger partial charge in [-0.15, -0.1) is 0 Å². The molecule has 1 N–H and O–H groups in total. The number of ether oxygens (including phenoxy) is 1. The van der Waals surface area contributed by atoms with Gasteiger partial charge in [-0.2, -0.15) is 5.10 Å². The van der Waals surface area contributed by atoms with Crippen LogP contribution in [0.1, 0.15) is 18.9 Å². The Morgan fingerprint density at radius 1 is 1.50 bits per heavy atom. The highest BCUT2D eigenvalue weighted by atomic mass is 16.5. The third-order valence-electron chi connectivity index (χ3n) is 3.80. The summed E-state index contributed by atoms with van der Waals surface area (Å²) < 4.78 is 7.28. The smallest absolute Gasteiger partial charge is 0.137 e. The van der Waals surface area contributed by atoms with E-state index < -0.39 is 0 Å². The summed E-state index contributed by atoms with van der Waals surface area (Å²) in [5, 5.41) is 7.71. The largest absolute Gasteiger partial charge is 0.382 e. The second-order valence-electron chi connectivity index (χ2n) is 5.35. The van der Waals surface area contributed by atoms with Gasteiger partial charge in [0, 0.05) is 24.3 Å². The number of hydrogen-bond acceptors (Lipinski definition) is 4. The lowest BCUT2D eigenvalue weighted by Crippen LogP contribution is -2.26. The Bertz CT molecular complexity index is 535. The minimum absolute atomic E-state index is 0.430. The van der Waals surface area contributed by atoms with E-state index in [1.165, 1.54) is 5.56 Å². The molecule has 3 rings (SSSR count). The quantitative estimate of drug-likeness (QED) is 0.906. The Labute approximate surface area is 119 Å². The van der Waals surface area contributed by atoms with Crippen LogP contribution in [0.2, 0.25) is 0 Å². The Morgan fingerprint density at radius 2 is 2.45 bits per heavy atom. The minimum Gasteiger partial charge on any atom is -0.382 e. The zero-order chi connectivity index (χ0) is 13.8. The molecule has 0 saturated carbocycles. The number of hydrogen-bond donors (Lipinski definition) is 1. The van der Waals surface area contributed by atoms with Crippen LogP contribution in [0.4, 0.5) is 5.69 Å². The van der Waals surface area contributed by atoms with E-state index >= 15 is 0 Å². The maximum absolute atomic E-state index is 5.45. The van der Waals surface area contributed by atoms with Crippen LogP contribution in [0.3, 0.4) is 0 Å². The van der Waals surface area contributed by atoms with E-state index in [0.29, 0.717) is 12.0 Å². The number of rotatable bonds is 5. The average molecular weight is 272 g/mol. The van der Waals surface area contributed by atoms with E-state index in [9.17, 15) is 0 Å². The van der Waals surface area contributed by atoms with Crippen LogP contribution < -0.4 is 5.32 Å². The molecule has 0 bridgehead atoms. The first-order chi connectivity index (χ1) is 9.81. The standard InChI is InChI=1S/C15H20N4O/c1-12(14-5-6-20-9-14)18-15-4-2-3-13(7-15)8-19-11-16-10-17-19/h2-4,7,10-12,14,18H,5-6,8-9H2,1H3. The molecule has 1 aromatic heterocycles. The average Bonchev–Trinajstić information content (AvgIpc) is 3.12. The molecule has 2 heterocycles. The summed E-state index contributed by atoms with van der Waals surface area (Å²) in [6, 6.07) is 8.90. The maximum atomic E-state index is 5.45. The van der Waals surface area contributed by atoms with E-state index in [-0.39, 0.29) is 0 Å². The predicted molar refractivity (Wildman–Crippen MR) is 77.6 cm³/mol. The van der Waals surface area contributed by atoms with Crippen LogP contribution in [-0.4, -0.2) is 34.0 Å². The molecule has 1 saturated heterocycles. The molecule has 2 unspecified atom stereocenters. The van der Waals surface area contributed by atoms with Crippen molar-refractivity contribution in [2.45, 2.75) is 25.9 Å². The summed E-state index contributed by atoms with van der Waals surface area (Å²) in [6.07, 6.45) is 4.44. The normalized spacial score (nSPS) is 19.9. The summed E-state index contributed by atoms with van der Waals surface area (Å²) >= 11 is 0. The number of nitrogens with zero attached hydrogens (tertiary/aromatic N) is 3. The van der Waals surface area contributed by atoms with Crippen LogP contribution in [-0.2, 0) is 11.3 Å². The minimum atomic E-state index is 0.430. The lowest BCUT2D eigenvalue weighted by atomic mass is 10.0. The molecule has 2 atom stereocenters.